The van der Waals surface area contributed by atoms with Crippen molar-refractivity contribution in [2.75, 3.05) is 7.11 Å². The van der Waals surface area contributed by atoms with Crippen molar-refractivity contribution in [1.82, 2.24) is 0 Å². The highest BCUT2D eigenvalue weighted by Crippen LogP contribution is 2.24. The monoisotopic (exact) mass is 220 g/mol. The van der Waals surface area contributed by atoms with Crippen molar-refractivity contribution >= 4 is 12.3 Å². The number of ether oxygens (including phenoxy) is 1. The lowest BCUT2D eigenvalue weighted by Gasteiger charge is -2.22. The third-order valence-electron chi connectivity index (χ3n) is 2.69. The summed E-state index contributed by atoms with van der Waals surface area (Å²) in [5.41, 5.74) is 1.17. The smallest absolute Gasteiger partial charge is 0.315 e. The molecular weight excluding hydrogens is 204 g/mol. The molecular formula is C13H16O3. The number of methoxy groups -OCH3 is 1. The minimum absolute atomic E-state index is 0.268. The van der Waals surface area contributed by atoms with Crippen LogP contribution in [0.15, 0.2) is 24.3 Å². The van der Waals surface area contributed by atoms with Gasteiger partial charge in [-0.15, -0.1) is 0 Å². The molecule has 0 fully saturated rings. The lowest BCUT2D eigenvalue weighted by atomic mass is 9.84. The number of benzene rings is 1. The summed E-state index contributed by atoms with van der Waals surface area (Å²) in [5.74, 6) is -0.268. The maximum absolute atomic E-state index is 11.6. The molecule has 0 unspecified atom stereocenters. The van der Waals surface area contributed by atoms with Crippen LogP contribution >= 0.6 is 0 Å². The van der Waals surface area contributed by atoms with E-state index in [1.54, 1.807) is 0 Å². The van der Waals surface area contributed by atoms with Crippen molar-refractivity contribution in [3.8, 4) is 0 Å². The van der Waals surface area contributed by atoms with E-state index >= 15 is 0 Å². The van der Waals surface area contributed by atoms with Crippen LogP contribution in [0.3, 0.4) is 0 Å². The van der Waals surface area contributed by atoms with Crippen LogP contribution in [-0.4, -0.2) is 19.4 Å². The summed E-state index contributed by atoms with van der Waals surface area (Å²) in [4.78, 5) is 21.9. The van der Waals surface area contributed by atoms with Crippen molar-refractivity contribution < 1.29 is 14.3 Å². The van der Waals surface area contributed by atoms with Gasteiger partial charge in [0.25, 0.3) is 0 Å². The summed E-state index contributed by atoms with van der Waals surface area (Å²) >= 11 is 0. The minimum Gasteiger partial charge on any atom is -0.468 e. The highest BCUT2D eigenvalue weighted by atomic mass is 16.5. The predicted octanol–water partition coefficient (Wildman–Crippen LogP) is 1.88. The van der Waals surface area contributed by atoms with Crippen molar-refractivity contribution in [2.45, 2.75) is 25.7 Å². The quantitative estimate of drug-likeness (QED) is 0.574. The first-order chi connectivity index (χ1) is 7.52. The molecule has 1 aromatic rings. The zero-order chi connectivity index (χ0) is 12.2. The molecule has 0 aliphatic heterocycles. The van der Waals surface area contributed by atoms with E-state index in [1.807, 2.05) is 38.1 Å². The molecule has 0 aliphatic rings. The fraction of sp³-hybridized carbons (Fsp3) is 0.385. The summed E-state index contributed by atoms with van der Waals surface area (Å²) in [7, 11) is 1.38. The summed E-state index contributed by atoms with van der Waals surface area (Å²) in [6, 6.07) is 7.42. The van der Waals surface area contributed by atoms with Crippen molar-refractivity contribution in [3.05, 3.63) is 35.4 Å². The van der Waals surface area contributed by atoms with Gasteiger partial charge in [-0.25, -0.2) is 0 Å². The third-order valence-corrected chi connectivity index (χ3v) is 2.69. The van der Waals surface area contributed by atoms with Crippen LogP contribution in [-0.2, 0) is 26.2 Å². The van der Waals surface area contributed by atoms with Crippen LogP contribution in [0.1, 0.15) is 25.0 Å². The highest BCUT2D eigenvalue weighted by Gasteiger charge is 2.30. The number of hydrogen-bond donors (Lipinski definition) is 0. The molecule has 1 rings (SSSR count). The van der Waals surface area contributed by atoms with E-state index < -0.39 is 5.41 Å². The van der Waals surface area contributed by atoms with Gasteiger partial charge in [0.1, 0.15) is 6.29 Å². The summed E-state index contributed by atoms with van der Waals surface area (Å²) in [6.07, 6.45) is 1.26. The minimum atomic E-state index is -0.658. The second-order valence-corrected chi connectivity index (χ2v) is 4.18. The fourth-order valence-corrected chi connectivity index (χ4v) is 1.53. The van der Waals surface area contributed by atoms with Gasteiger partial charge < -0.3 is 9.53 Å². The number of carbonyl (C=O) groups is 2. The van der Waals surface area contributed by atoms with E-state index in [-0.39, 0.29) is 5.97 Å². The molecule has 1 aromatic carbocycles. The molecule has 0 N–H and O–H groups in total. The molecule has 86 valence electrons. The predicted molar refractivity (Wildman–Crippen MR) is 61.3 cm³/mol. The molecule has 0 heterocycles. The van der Waals surface area contributed by atoms with E-state index in [0.717, 1.165) is 17.4 Å². The first-order valence-electron chi connectivity index (χ1n) is 5.14. The molecule has 3 nitrogen and oxygen atoms in total. The van der Waals surface area contributed by atoms with Gasteiger partial charge in [-0.05, 0) is 25.0 Å². The van der Waals surface area contributed by atoms with Gasteiger partial charge in [0, 0.05) is 6.42 Å². The van der Waals surface area contributed by atoms with Crippen LogP contribution < -0.4 is 0 Å². The Hall–Kier alpha value is -1.64. The van der Waals surface area contributed by atoms with Crippen LogP contribution in [0.25, 0.3) is 0 Å². The molecule has 0 radical (unpaired) electrons. The zero-order valence-electron chi connectivity index (χ0n) is 9.82. The average molecular weight is 220 g/mol. The Kier molecular flexibility index (Phi) is 3.82. The second-order valence-electron chi connectivity index (χ2n) is 4.18. The summed E-state index contributed by atoms with van der Waals surface area (Å²) in [6.45, 7) is 3.63. The number of esters is 1. The van der Waals surface area contributed by atoms with Crippen LogP contribution in [0, 0.1) is 0 Å². The molecule has 0 aromatic heterocycles. The Morgan fingerprint density at radius 2 is 1.88 bits per heavy atom. The van der Waals surface area contributed by atoms with E-state index in [1.165, 1.54) is 7.11 Å². The number of carbonyl (C=O) groups excluding carboxylic acids is 2. The van der Waals surface area contributed by atoms with Gasteiger partial charge in [-0.3, -0.25) is 4.79 Å². The SMILES string of the molecule is COC(=O)C(C)(C)c1ccc(CC=O)cc1. The standard InChI is InChI=1S/C13H16O3/c1-13(2,12(15)16-3)11-6-4-10(5-7-11)8-9-14/h4-7,9H,8H2,1-3H3. The molecule has 0 atom stereocenters. The summed E-state index contributed by atoms with van der Waals surface area (Å²) < 4.78 is 4.75. The third kappa shape index (κ3) is 2.48. The Morgan fingerprint density at radius 3 is 2.31 bits per heavy atom. The molecule has 0 amide bonds. The molecule has 0 spiro atoms. The first kappa shape index (κ1) is 12.4. The van der Waals surface area contributed by atoms with Crippen molar-refractivity contribution in [1.29, 1.82) is 0 Å². The molecule has 16 heavy (non-hydrogen) atoms. The number of aldehydes is 1. The van der Waals surface area contributed by atoms with Gasteiger partial charge >= 0.3 is 5.97 Å². The Balaban J connectivity index is 2.96. The molecule has 3 heteroatoms. The first-order valence-corrected chi connectivity index (χ1v) is 5.14. The maximum Gasteiger partial charge on any atom is 0.315 e. The number of hydrogen-bond acceptors (Lipinski definition) is 3. The lowest BCUT2D eigenvalue weighted by molar-refractivity contribution is -0.146. The van der Waals surface area contributed by atoms with Gasteiger partial charge in [-0.1, -0.05) is 24.3 Å². The zero-order valence-corrected chi connectivity index (χ0v) is 9.82. The largest absolute Gasteiger partial charge is 0.468 e. The Bertz CT molecular complexity index is 377. The van der Waals surface area contributed by atoms with E-state index in [2.05, 4.69) is 0 Å². The van der Waals surface area contributed by atoms with Gasteiger partial charge in [0.15, 0.2) is 0 Å². The van der Waals surface area contributed by atoms with E-state index in [4.69, 9.17) is 4.74 Å². The van der Waals surface area contributed by atoms with E-state index in [0.29, 0.717) is 6.42 Å². The molecule has 0 saturated heterocycles. The molecule has 0 aliphatic carbocycles. The number of rotatable bonds is 4. The van der Waals surface area contributed by atoms with Crippen LogP contribution in [0.2, 0.25) is 0 Å². The topological polar surface area (TPSA) is 43.4 Å². The molecule has 0 bridgehead atoms. The normalized spacial score (nSPS) is 10.9. The lowest BCUT2D eigenvalue weighted by Crippen LogP contribution is -2.30. The van der Waals surface area contributed by atoms with Gasteiger partial charge in [0.2, 0.25) is 0 Å². The van der Waals surface area contributed by atoms with Crippen molar-refractivity contribution in [3.63, 3.8) is 0 Å². The highest BCUT2D eigenvalue weighted by molar-refractivity contribution is 5.82. The van der Waals surface area contributed by atoms with E-state index in [9.17, 15) is 9.59 Å². The van der Waals surface area contributed by atoms with Crippen molar-refractivity contribution in [2.24, 2.45) is 0 Å². The summed E-state index contributed by atoms with van der Waals surface area (Å²) in [5, 5.41) is 0. The van der Waals surface area contributed by atoms with Gasteiger partial charge in [0.05, 0.1) is 12.5 Å². The maximum atomic E-state index is 11.6. The average Bonchev–Trinajstić information content (AvgIpc) is 2.29. The van der Waals surface area contributed by atoms with Crippen LogP contribution in [0.5, 0.6) is 0 Å². The Morgan fingerprint density at radius 1 is 1.31 bits per heavy atom. The Labute approximate surface area is 95.4 Å². The van der Waals surface area contributed by atoms with Crippen LogP contribution in [0.4, 0.5) is 0 Å². The fourth-order valence-electron chi connectivity index (χ4n) is 1.53. The molecule has 0 saturated carbocycles. The van der Waals surface area contributed by atoms with Gasteiger partial charge in [-0.2, -0.15) is 0 Å². The second kappa shape index (κ2) is 4.92.